The highest BCUT2D eigenvalue weighted by atomic mass is 19.4. The van der Waals surface area contributed by atoms with Gasteiger partial charge in [0.1, 0.15) is 0 Å². The molecule has 128 valence electrons. The Morgan fingerprint density at radius 2 is 2.17 bits per heavy atom. The van der Waals surface area contributed by atoms with Gasteiger partial charge >= 0.3 is 12.3 Å². The number of methoxy groups -OCH3 is 1. The predicted octanol–water partition coefficient (Wildman–Crippen LogP) is 2.39. The molecule has 0 bridgehead atoms. The van der Waals surface area contributed by atoms with Crippen molar-refractivity contribution in [2.75, 3.05) is 33.4 Å². The summed E-state index contributed by atoms with van der Waals surface area (Å²) in [5.41, 5.74) is -0.238. The zero-order valence-corrected chi connectivity index (χ0v) is 12.6. The molecule has 5 nitrogen and oxygen atoms in total. The predicted molar refractivity (Wildman–Crippen MR) is 77.4 cm³/mol. The molecule has 2 atom stereocenters. The fraction of sp³-hybridized carbons (Fsp3) is 0.533. The third kappa shape index (κ3) is 4.59. The first-order chi connectivity index (χ1) is 10.8. The largest absolute Gasteiger partial charge is 0.465 e. The summed E-state index contributed by atoms with van der Waals surface area (Å²) < 4.78 is 43.6. The van der Waals surface area contributed by atoms with Gasteiger partial charge in [-0.05, 0) is 11.6 Å². The van der Waals surface area contributed by atoms with E-state index in [-0.39, 0.29) is 5.92 Å². The van der Waals surface area contributed by atoms with Crippen LogP contribution in [-0.2, 0) is 10.9 Å². The first-order valence-corrected chi connectivity index (χ1v) is 7.19. The third-order valence-corrected chi connectivity index (χ3v) is 3.96. The minimum Gasteiger partial charge on any atom is -0.465 e. The van der Waals surface area contributed by atoms with Gasteiger partial charge in [-0.1, -0.05) is 18.2 Å². The number of likely N-dealkylation sites (tertiary alicyclic amines) is 1. The second-order valence-corrected chi connectivity index (χ2v) is 5.54. The van der Waals surface area contributed by atoms with Crippen molar-refractivity contribution in [2.45, 2.75) is 18.1 Å². The average Bonchev–Trinajstić information content (AvgIpc) is 2.86. The summed E-state index contributed by atoms with van der Waals surface area (Å²) in [7, 11) is 1.56. The van der Waals surface area contributed by atoms with Crippen molar-refractivity contribution in [3.8, 4) is 0 Å². The van der Waals surface area contributed by atoms with E-state index in [9.17, 15) is 18.0 Å². The quantitative estimate of drug-likeness (QED) is 0.869. The maximum absolute atomic E-state index is 12.9. The molecule has 0 aliphatic carbocycles. The molecule has 0 aromatic heterocycles. The second kappa shape index (κ2) is 7.18. The minimum absolute atomic E-state index is 0.328. The molecule has 2 rings (SSSR count). The van der Waals surface area contributed by atoms with Crippen LogP contribution >= 0.6 is 0 Å². The lowest BCUT2D eigenvalue weighted by Crippen LogP contribution is -2.39. The number of ether oxygens (including phenoxy) is 1. The Morgan fingerprint density at radius 3 is 2.78 bits per heavy atom. The van der Waals surface area contributed by atoms with Crippen LogP contribution in [0.5, 0.6) is 0 Å². The number of benzene rings is 1. The monoisotopic (exact) mass is 332 g/mol. The van der Waals surface area contributed by atoms with Crippen LogP contribution in [0.25, 0.3) is 0 Å². The Morgan fingerprint density at radius 1 is 1.43 bits per heavy atom. The molecule has 1 amide bonds. The molecular formula is C15H19F3N2O3. The van der Waals surface area contributed by atoms with Crippen molar-refractivity contribution in [1.29, 1.82) is 0 Å². The first-order valence-electron chi connectivity index (χ1n) is 7.19. The summed E-state index contributed by atoms with van der Waals surface area (Å²) in [6.45, 7) is 2.01. The Hall–Kier alpha value is -1.80. The van der Waals surface area contributed by atoms with Crippen LogP contribution in [0.15, 0.2) is 24.3 Å². The number of carboxylic acid groups (broad SMARTS) is 1. The van der Waals surface area contributed by atoms with E-state index >= 15 is 0 Å². The summed E-state index contributed by atoms with van der Waals surface area (Å²) in [5.74, 6) is -0.328. The molecule has 1 heterocycles. The van der Waals surface area contributed by atoms with Crippen LogP contribution in [0.3, 0.4) is 0 Å². The lowest BCUT2D eigenvalue weighted by atomic mass is 9.93. The van der Waals surface area contributed by atoms with E-state index < -0.39 is 23.9 Å². The number of alkyl halides is 3. The van der Waals surface area contributed by atoms with Gasteiger partial charge in [0.2, 0.25) is 0 Å². The fourth-order valence-corrected chi connectivity index (χ4v) is 2.88. The van der Waals surface area contributed by atoms with E-state index in [1.165, 1.54) is 6.07 Å². The third-order valence-electron chi connectivity index (χ3n) is 3.96. The van der Waals surface area contributed by atoms with E-state index in [2.05, 4.69) is 5.32 Å². The van der Waals surface area contributed by atoms with Gasteiger partial charge in [-0.15, -0.1) is 0 Å². The lowest BCUT2D eigenvalue weighted by molar-refractivity contribution is -0.137. The molecule has 1 aromatic rings. The highest BCUT2D eigenvalue weighted by molar-refractivity contribution is 5.65. The van der Waals surface area contributed by atoms with Crippen LogP contribution < -0.4 is 5.32 Å². The van der Waals surface area contributed by atoms with E-state index in [4.69, 9.17) is 9.84 Å². The van der Waals surface area contributed by atoms with Crippen molar-refractivity contribution in [3.63, 3.8) is 0 Å². The number of amides is 1. The number of carbonyl (C=O) groups is 1. The van der Waals surface area contributed by atoms with E-state index in [0.717, 1.165) is 12.1 Å². The fourth-order valence-electron chi connectivity index (χ4n) is 2.88. The zero-order chi connectivity index (χ0) is 17.0. The molecule has 1 aliphatic rings. The number of nitrogens with zero attached hydrogens (tertiary/aromatic N) is 1. The number of nitrogens with one attached hydrogen (secondary N) is 1. The Bertz CT molecular complexity index is 551. The van der Waals surface area contributed by atoms with Gasteiger partial charge in [0, 0.05) is 32.7 Å². The molecule has 1 aliphatic heterocycles. The molecule has 0 radical (unpaired) electrons. The average molecular weight is 332 g/mol. The summed E-state index contributed by atoms with van der Waals surface area (Å²) >= 11 is 0. The van der Waals surface area contributed by atoms with Crippen LogP contribution in [0.1, 0.15) is 17.0 Å². The van der Waals surface area contributed by atoms with Gasteiger partial charge in [-0.25, -0.2) is 4.79 Å². The maximum Gasteiger partial charge on any atom is 0.416 e. The van der Waals surface area contributed by atoms with Gasteiger partial charge in [-0.2, -0.15) is 13.2 Å². The van der Waals surface area contributed by atoms with Gasteiger partial charge in [0.05, 0.1) is 18.2 Å². The standard InChI is InChI=1S/C15H19F3N2O3/c1-23-6-5-20-8-12(13(9-20)19-14(21)22)10-3-2-4-11(7-10)15(16,17)18/h2-4,7,12-13,19H,5-6,8-9H2,1H3,(H,21,22)/t12-,13+/m0/s1. The first kappa shape index (κ1) is 17.6. The van der Waals surface area contributed by atoms with Gasteiger partial charge in [0.15, 0.2) is 0 Å². The van der Waals surface area contributed by atoms with E-state index in [1.54, 1.807) is 13.2 Å². The van der Waals surface area contributed by atoms with Gasteiger partial charge in [-0.3, -0.25) is 4.90 Å². The summed E-state index contributed by atoms with van der Waals surface area (Å²) in [5, 5.41) is 11.4. The molecule has 1 fully saturated rings. The SMILES string of the molecule is COCCN1C[C@@H](NC(=O)O)[C@H](c2cccc(C(F)(F)F)c2)C1. The van der Waals surface area contributed by atoms with Gasteiger partial charge < -0.3 is 15.2 Å². The summed E-state index contributed by atoms with van der Waals surface area (Å²) in [6, 6.07) is 4.62. The Balaban J connectivity index is 2.21. The van der Waals surface area contributed by atoms with E-state index in [1.807, 2.05) is 4.90 Å². The molecule has 2 N–H and O–H groups in total. The number of rotatable bonds is 5. The molecule has 1 saturated heterocycles. The maximum atomic E-state index is 12.9. The van der Waals surface area contributed by atoms with Crippen LogP contribution in [0.2, 0.25) is 0 Å². The van der Waals surface area contributed by atoms with Crippen LogP contribution in [0, 0.1) is 0 Å². The summed E-state index contributed by atoms with van der Waals surface area (Å²) in [6.07, 6.45) is -5.60. The molecule has 23 heavy (non-hydrogen) atoms. The molecule has 0 spiro atoms. The lowest BCUT2D eigenvalue weighted by Gasteiger charge is -2.19. The smallest absolute Gasteiger partial charge is 0.416 e. The van der Waals surface area contributed by atoms with Crippen molar-refractivity contribution < 1.29 is 27.8 Å². The Kier molecular flexibility index (Phi) is 5.48. The van der Waals surface area contributed by atoms with Crippen molar-refractivity contribution >= 4 is 6.09 Å². The molecule has 0 unspecified atom stereocenters. The van der Waals surface area contributed by atoms with Crippen molar-refractivity contribution in [2.24, 2.45) is 0 Å². The second-order valence-electron chi connectivity index (χ2n) is 5.54. The highest BCUT2D eigenvalue weighted by Crippen LogP contribution is 2.33. The zero-order valence-electron chi connectivity index (χ0n) is 12.6. The molecule has 8 heteroatoms. The summed E-state index contributed by atoms with van der Waals surface area (Å²) in [4.78, 5) is 12.9. The molecule has 0 saturated carbocycles. The van der Waals surface area contributed by atoms with Crippen LogP contribution in [0.4, 0.5) is 18.0 Å². The molecule has 1 aromatic carbocycles. The van der Waals surface area contributed by atoms with Crippen molar-refractivity contribution in [3.05, 3.63) is 35.4 Å². The van der Waals surface area contributed by atoms with Crippen LogP contribution in [-0.4, -0.2) is 55.5 Å². The number of hydrogen-bond acceptors (Lipinski definition) is 3. The topological polar surface area (TPSA) is 61.8 Å². The number of hydrogen-bond donors (Lipinski definition) is 2. The normalized spacial score (nSPS) is 22.3. The highest BCUT2D eigenvalue weighted by Gasteiger charge is 2.36. The van der Waals surface area contributed by atoms with Crippen molar-refractivity contribution in [1.82, 2.24) is 10.2 Å². The van der Waals surface area contributed by atoms with E-state index in [0.29, 0.717) is 31.8 Å². The van der Waals surface area contributed by atoms with Gasteiger partial charge in [0.25, 0.3) is 0 Å². The number of halogens is 3. The Labute approximate surface area is 132 Å². The minimum atomic E-state index is -4.42. The molecular weight excluding hydrogens is 313 g/mol.